The van der Waals surface area contributed by atoms with Crippen molar-refractivity contribution < 1.29 is 4.79 Å². The molecule has 0 heterocycles. The van der Waals surface area contributed by atoms with Gasteiger partial charge in [-0.15, -0.1) is 0 Å². The molecule has 0 spiro atoms. The summed E-state index contributed by atoms with van der Waals surface area (Å²) in [6.45, 7) is 3.42. The first kappa shape index (κ1) is 17.0. The lowest BCUT2D eigenvalue weighted by atomic mass is 9.97. The Morgan fingerprint density at radius 3 is 2.45 bits per heavy atom. The molecular weight excluding hydrogens is 272 g/mol. The third kappa shape index (κ3) is 5.80. The van der Waals surface area contributed by atoms with Gasteiger partial charge in [-0.2, -0.15) is 0 Å². The van der Waals surface area contributed by atoms with Crippen molar-refractivity contribution in [3.63, 3.8) is 0 Å². The van der Waals surface area contributed by atoms with E-state index in [0.29, 0.717) is 12.6 Å². The number of nitrogens with one attached hydrogen (secondary N) is 1. The van der Waals surface area contributed by atoms with Gasteiger partial charge in [0.25, 0.3) is 0 Å². The highest BCUT2D eigenvalue weighted by Crippen LogP contribution is 2.17. The van der Waals surface area contributed by atoms with Crippen molar-refractivity contribution in [2.24, 2.45) is 0 Å². The van der Waals surface area contributed by atoms with Crippen molar-refractivity contribution >= 4 is 5.91 Å². The lowest BCUT2D eigenvalue weighted by Gasteiger charge is -2.23. The summed E-state index contributed by atoms with van der Waals surface area (Å²) < 4.78 is 0. The van der Waals surface area contributed by atoms with Gasteiger partial charge >= 0.3 is 0 Å². The maximum atomic E-state index is 12.2. The fraction of sp³-hybridized carbons (Fsp3) is 0.632. The molecule has 0 bridgehead atoms. The zero-order valence-electron chi connectivity index (χ0n) is 14.1. The average molecular weight is 302 g/mol. The van der Waals surface area contributed by atoms with Crippen LogP contribution in [-0.2, 0) is 11.3 Å². The van der Waals surface area contributed by atoms with Gasteiger partial charge in [-0.3, -0.25) is 9.69 Å². The summed E-state index contributed by atoms with van der Waals surface area (Å²) in [7, 11) is 2.02. The lowest BCUT2D eigenvalue weighted by Crippen LogP contribution is -2.41. The maximum Gasteiger partial charge on any atom is 0.234 e. The van der Waals surface area contributed by atoms with E-state index in [1.165, 1.54) is 43.2 Å². The van der Waals surface area contributed by atoms with E-state index < -0.39 is 0 Å². The molecule has 22 heavy (non-hydrogen) atoms. The molecule has 1 saturated carbocycles. The Hall–Kier alpha value is -1.35. The van der Waals surface area contributed by atoms with E-state index >= 15 is 0 Å². The van der Waals surface area contributed by atoms with E-state index in [9.17, 15) is 4.79 Å². The van der Waals surface area contributed by atoms with Crippen molar-refractivity contribution in [1.29, 1.82) is 0 Å². The highest BCUT2D eigenvalue weighted by molar-refractivity contribution is 5.78. The molecule has 0 saturated heterocycles. The highest BCUT2D eigenvalue weighted by Gasteiger charge is 2.15. The smallest absolute Gasteiger partial charge is 0.234 e. The van der Waals surface area contributed by atoms with E-state index in [4.69, 9.17) is 0 Å². The average Bonchev–Trinajstić information content (AvgIpc) is 2.44. The Bertz CT molecular complexity index is 464. The molecule has 1 aromatic carbocycles. The number of carbonyl (C=O) groups is 1. The molecule has 3 nitrogen and oxygen atoms in total. The first-order valence-electron chi connectivity index (χ1n) is 8.67. The van der Waals surface area contributed by atoms with Crippen LogP contribution in [0.5, 0.6) is 0 Å². The second-order valence-corrected chi connectivity index (χ2v) is 6.71. The molecule has 0 atom stereocenters. The van der Waals surface area contributed by atoms with Gasteiger partial charge in [0.05, 0.1) is 6.54 Å². The van der Waals surface area contributed by atoms with Gasteiger partial charge in [-0.05, 0) is 37.9 Å². The zero-order valence-corrected chi connectivity index (χ0v) is 14.1. The summed E-state index contributed by atoms with van der Waals surface area (Å²) in [5, 5.41) is 3.24. The monoisotopic (exact) mass is 302 g/mol. The van der Waals surface area contributed by atoms with Crippen molar-refractivity contribution in [1.82, 2.24) is 10.2 Å². The third-order valence-electron chi connectivity index (χ3n) is 4.59. The summed E-state index contributed by atoms with van der Waals surface area (Å²) in [5.41, 5.74) is 2.58. The van der Waals surface area contributed by atoms with Gasteiger partial charge in [-0.1, -0.05) is 56.4 Å². The van der Waals surface area contributed by atoms with E-state index in [2.05, 4.69) is 41.4 Å². The van der Waals surface area contributed by atoms with E-state index in [1.807, 2.05) is 7.05 Å². The predicted molar refractivity (Wildman–Crippen MR) is 91.8 cm³/mol. The fourth-order valence-corrected chi connectivity index (χ4v) is 3.25. The van der Waals surface area contributed by atoms with E-state index in [0.717, 1.165) is 19.4 Å². The van der Waals surface area contributed by atoms with Gasteiger partial charge in [0.15, 0.2) is 0 Å². The quantitative estimate of drug-likeness (QED) is 0.900. The Morgan fingerprint density at radius 1 is 1.14 bits per heavy atom. The number of rotatable bonds is 5. The van der Waals surface area contributed by atoms with E-state index in [-0.39, 0.29) is 5.91 Å². The lowest BCUT2D eigenvalue weighted by molar-refractivity contribution is -0.122. The first-order valence-corrected chi connectivity index (χ1v) is 8.67. The molecule has 1 fully saturated rings. The summed E-state index contributed by atoms with van der Waals surface area (Å²) in [5.74, 6) is 0.168. The second kappa shape index (κ2) is 8.94. The molecule has 1 aliphatic rings. The third-order valence-corrected chi connectivity index (χ3v) is 4.59. The summed E-state index contributed by atoms with van der Waals surface area (Å²) >= 11 is 0. The van der Waals surface area contributed by atoms with Crippen LogP contribution in [0.1, 0.15) is 56.1 Å². The fourth-order valence-electron chi connectivity index (χ4n) is 3.25. The topological polar surface area (TPSA) is 32.3 Å². The van der Waals surface area contributed by atoms with Crippen molar-refractivity contribution in [3.05, 3.63) is 35.4 Å². The van der Waals surface area contributed by atoms with Gasteiger partial charge < -0.3 is 5.32 Å². The van der Waals surface area contributed by atoms with Gasteiger partial charge in [0.1, 0.15) is 0 Å². The number of aryl methyl sites for hydroxylation is 1. The predicted octanol–water partition coefficient (Wildman–Crippen LogP) is 3.66. The number of hydrogen-bond donors (Lipinski definition) is 1. The van der Waals surface area contributed by atoms with Crippen LogP contribution >= 0.6 is 0 Å². The molecule has 0 aliphatic heterocycles. The number of hydrogen-bond acceptors (Lipinski definition) is 2. The van der Waals surface area contributed by atoms with E-state index in [1.54, 1.807) is 0 Å². The van der Waals surface area contributed by atoms with Crippen LogP contribution in [0.15, 0.2) is 24.3 Å². The van der Waals surface area contributed by atoms with Crippen LogP contribution in [0.3, 0.4) is 0 Å². The Balaban J connectivity index is 1.77. The van der Waals surface area contributed by atoms with Gasteiger partial charge in [-0.25, -0.2) is 0 Å². The largest absolute Gasteiger partial charge is 0.352 e. The molecule has 0 aromatic heterocycles. The zero-order chi connectivity index (χ0) is 15.8. The number of carbonyl (C=O) groups excluding carboxylic acids is 1. The molecular formula is C19H30N2O. The molecule has 3 heteroatoms. The highest BCUT2D eigenvalue weighted by atomic mass is 16.2. The molecule has 1 aliphatic carbocycles. The molecule has 122 valence electrons. The number of benzene rings is 1. The molecule has 0 unspecified atom stereocenters. The van der Waals surface area contributed by atoms with Crippen LogP contribution in [0.2, 0.25) is 0 Å². The second-order valence-electron chi connectivity index (χ2n) is 6.71. The van der Waals surface area contributed by atoms with Crippen LogP contribution in [0.25, 0.3) is 0 Å². The normalized spacial score (nSPS) is 17.0. The Labute approximate surface area is 135 Å². The van der Waals surface area contributed by atoms with Crippen LogP contribution < -0.4 is 5.32 Å². The van der Waals surface area contributed by atoms with Crippen molar-refractivity contribution in [2.75, 3.05) is 13.6 Å². The van der Waals surface area contributed by atoms with Gasteiger partial charge in [0.2, 0.25) is 5.91 Å². The Morgan fingerprint density at radius 2 is 1.77 bits per heavy atom. The molecule has 1 N–H and O–H groups in total. The maximum absolute atomic E-state index is 12.2. The minimum atomic E-state index is 0.168. The summed E-state index contributed by atoms with van der Waals surface area (Å²) in [6, 6.07) is 8.76. The van der Waals surface area contributed by atoms with Crippen LogP contribution in [0, 0.1) is 6.92 Å². The molecule has 0 radical (unpaired) electrons. The first-order chi connectivity index (χ1) is 10.6. The molecule has 1 aromatic rings. The van der Waals surface area contributed by atoms with Crippen molar-refractivity contribution in [2.45, 2.75) is 64.5 Å². The van der Waals surface area contributed by atoms with Crippen LogP contribution in [-0.4, -0.2) is 30.4 Å². The SMILES string of the molecule is Cc1ccccc1CN(C)CC(=O)NC1CCCCCCC1. The number of nitrogens with zero attached hydrogens (tertiary/aromatic N) is 1. The number of amides is 1. The minimum absolute atomic E-state index is 0.168. The van der Waals surface area contributed by atoms with Crippen LogP contribution in [0.4, 0.5) is 0 Å². The molecule has 1 amide bonds. The van der Waals surface area contributed by atoms with Crippen molar-refractivity contribution in [3.8, 4) is 0 Å². The van der Waals surface area contributed by atoms with Gasteiger partial charge in [0, 0.05) is 12.6 Å². The molecule has 2 rings (SSSR count). The summed E-state index contributed by atoms with van der Waals surface area (Å²) in [4.78, 5) is 14.3. The standard InChI is InChI=1S/C19H30N2O/c1-16-10-8-9-11-17(16)14-21(2)15-19(22)20-18-12-6-4-3-5-7-13-18/h8-11,18H,3-7,12-15H2,1-2H3,(H,20,22). The number of likely N-dealkylation sites (N-methyl/N-ethyl adjacent to an activating group) is 1. The minimum Gasteiger partial charge on any atom is -0.352 e. The summed E-state index contributed by atoms with van der Waals surface area (Å²) in [6.07, 6.45) is 8.80. The Kier molecular flexibility index (Phi) is 6.91.